The van der Waals surface area contributed by atoms with Crippen LogP contribution >= 0.6 is 0 Å². The first-order chi connectivity index (χ1) is 8.58. The SMILES string of the molecule is CC(CNc1nc(F)c(F)cc1F)N1CCCC1. The third-order valence-electron chi connectivity index (χ3n) is 3.22. The lowest BCUT2D eigenvalue weighted by Crippen LogP contribution is -2.35. The van der Waals surface area contributed by atoms with E-state index in [9.17, 15) is 13.2 Å². The normalized spacial score (nSPS) is 18.0. The molecule has 1 saturated heterocycles. The maximum absolute atomic E-state index is 13.3. The summed E-state index contributed by atoms with van der Waals surface area (Å²) in [5.41, 5.74) is 0. The molecule has 0 aliphatic carbocycles. The first-order valence-corrected chi connectivity index (χ1v) is 6.07. The summed E-state index contributed by atoms with van der Waals surface area (Å²) in [5, 5.41) is 2.72. The topological polar surface area (TPSA) is 28.2 Å². The van der Waals surface area contributed by atoms with Gasteiger partial charge in [-0.3, -0.25) is 4.90 Å². The Kier molecular flexibility index (Phi) is 4.06. The van der Waals surface area contributed by atoms with E-state index in [4.69, 9.17) is 0 Å². The van der Waals surface area contributed by atoms with Crippen LogP contribution in [0.15, 0.2) is 6.07 Å². The van der Waals surface area contributed by atoms with Crippen LogP contribution in [0.3, 0.4) is 0 Å². The molecule has 18 heavy (non-hydrogen) atoms. The van der Waals surface area contributed by atoms with Gasteiger partial charge in [0.05, 0.1) is 0 Å². The number of anilines is 1. The molecule has 1 atom stereocenters. The van der Waals surface area contributed by atoms with E-state index >= 15 is 0 Å². The Hall–Kier alpha value is -1.30. The summed E-state index contributed by atoms with van der Waals surface area (Å²) in [5.74, 6) is -3.67. The third kappa shape index (κ3) is 2.93. The maximum atomic E-state index is 13.3. The van der Waals surface area contributed by atoms with Gasteiger partial charge in [-0.15, -0.1) is 0 Å². The van der Waals surface area contributed by atoms with E-state index in [0.29, 0.717) is 12.6 Å². The van der Waals surface area contributed by atoms with Gasteiger partial charge in [-0.25, -0.2) is 8.78 Å². The third-order valence-corrected chi connectivity index (χ3v) is 3.22. The van der Waals surface area contributed by atoms with E-state index in [-0.39, 0.29) is 11.9 Å². The van der Waals surface area contributed by atoms with Crippen molar-refractivity contribution < 1.29 is 13.2 Å². The molecule has 1 aromatic rings. The summed E-state index contributed by atoms with van der Waals surface area (Å²) >= 11 is 0. The lowest BCUT2D eigenvalue weighted by atomic mass is 10.3. The summed E-state index contributed by atoms with van der Waals surface area (Å²) in [6.45, 7) is 4.51. The number of halogens is 3. The zero-order valence-electron chi connectivity index (χ0n) is 10.2. The molecule has 0 radical (unpaired) electrons. The van der Waals surface area contributed by atoms with Gasteiger partial charge in [0.1, 0.15) is 0 Å². The molecule has 6 heteroatoms. The average Bonchev–Trinajstić information content (AvgIpc) is 2.85. The van der Waals surface area contributed by atoms with E-state index in [0.717, 1.165) is 13.1 Å². The smallest absolute Gasteiger partial charge is 0.251 e. The second-order valence-corrected chi connectivity index (χ2v) is 4.56. The van der Waals surface area contributed by atoms with Crippen LogP contribution < -0.4 is 5.32 Å². The van der Waals surface area contributed by atoms with Crippen molar-refractivity contribution in [1.82, 2.24) is 9.88 Å². The van der Waals surface area contributed by atoms with Gasteiger partial charge >= 0.3 is 0 Å². The van der Waals surface area contributed by atoms with Crippen LogP contribution in [-0.2, 0) is 0 Å². The highest BCUT2D eigenvalue weighted by Gasteiger charge is 2.18. The number of aromatic nitrogens is 1. The molecule has 1 aliphatic rings. The minimum Gasteiger partial charge on any atom is -0.366 e. The van der Waals surface area contributed by atoms with Crippen LogP contribution in [0.5, 0.6) is 0 Å². The Morgan fingerprint density at radius 3 is 2.61 bits per heavy atom. The number of nitrogens with zero attached hydrogens (tertiary/aromatic N) is 2. The molecule has 0 bridgehead atoms. The number of likely N-dealkylation sites (tertiary alicyclic amines) is 1. The Balaban J connectivity index is 1.95. The van der Waals surface area contributed by atoms with Crippen molar-refractivity contribution in [2.45, 2.75) is 25.8 Å². The molecular weight excluding hydrogens is 243 g/mol. The molecule has 2 rings (SSSR count). The Morgan fingerprint density at radius 1 is 1.28 bits per heavy atom. The number of nitrogens with one attached hydrogen (secondary N) is 1. The quantitative estimate of drug-likeness (QED) is 0.842. The molecule has 0 aromatic carbocycles. The largest absolute Gasteiger partial charge is 0.366 e. The van der Waals surface area contributed by atoms with E-state index in [1.54, 1.807) is 0 Å². The predicted octanol–water partition coefficient (Wildman–Crippen LogP) is 2.40. The molecular formula is C12H16F3N3. The van der Waals surface area contributed by atoms with Gasteiger partial charge in [0.2, 0.25) is 0 Å². The molecule has 0 saturated carbocycles. The van der Waals surface area contributed by atoms with Crippen LogP contribution in [0, 0.1) is 17.6 Å². The monoisotopic (exact) mass is 259 g/mol. The molecule has 1 unspecified atom stereocenters. The molecule has 3 nitrogen and oxygen atoms in total. The molecule has 1 N–H and O–H groups in total. The molecule has 1 fully saturated rings. The highest BCUT2D eigenvalue weighted by atomic mass is 19.2. The predicted molar refractivity (Wildman–Crippen MR) is 62.9 cm³/mol. The van der Waals surface area contributed by atoms with E-state index < -0.39 is 17.6 Å². The van der Waals surface area contributed by atoms with Crippen molar-refractivity contribution >= 4 is 5.82 Å². The zero-order valence-corrected chi connectivity index (χ0v) is 10.2. The molecule has 2 heterocycles. The lowest BCUT2D eigenvalue weighted by molar-refractivity contribution is 0.269. The van der Waals surface area contributed by atoms with E-state index in [1.807, 2.05) is 6.92 Å². The summed E-state index contributed by atoms with van der Waals surface area (Å²) < 4.78 is 38.9. The van der Waals surface area contributed by atoms with Gasteiger partial charge in [-0.05, 0) is 32.9 Å². The Morgan fingerprint density at radius 2 is 1.94 bits per heavy atom. The second kappa shape index (κ2) is 5.56. The van der Waals surface area contributed by atoms with E-state index in [1.165, 1.54) is 12.8 Å². The van der Waals surface area contributed by atoms with Crippen molar-refractivity contribution in [1.29, 1.82) is 0 Å². The number of hydrogen-bond acceptors (Lipinski definition) is 3. The molecule has 1 aromatic heterocycles. The summed E-state index contributed by atoms with van der Waals surface area (Å²) in [6, 6.07) is 0.715. The van der Waals surface area contributed by atoms with Crippen LogP contribution in [0.25, 0.3) is 0 Å². The van der Waals surface area contributed by atoms with Gasteiger partial charge in [0.25, 0.3) is 5.95 Å². The minimum atomic E-state index is -1.28. The Bertz CT molecular complexity index is 419. The van der Waals surface area contributed by atoms with Crippen molar-refractivity contribution in [3.05, 3.63) is 23.6 Å². The minimum absolute atomic E-state index is 0.210. The summed E-state index contributed by atoms with van der Waals surface area (Å²) in [6.07, 6.45) is 2.34. The number of hydrogen-bond donors (Lipinski definition) is 1. The molecule has 0 amide bonds. The fourth-order valence-electron chi connectivity index (χ4n) is 2.12. The first kappa shape index (κ1) is 13.1. The van der Waals surface area contributed by atoms with Gasteiger partial charge in [-0.2, -0.15) is 9.37 Å². The Labute approximate surface area is 104 Å². The standard InChI is InChI=1S/C12H16F3N3/c1-8(18-4-2-3-5-18)7-16-12-10(14)6-9(13)11(15)17-12/h6,8H,2-5,7H2,1H3,(H,16,17). The van der Waals surface area contributed by atoms with Gasteiger partial charge in [0.15, 0.2) is 17.5 Å². The number of pyridine rings is 1. The molecule has 1 aliphatic heterocycles. The molecule has 100 valence electrons. The van der Waals surface area contributed by atoms with Gasteiger partial charge < -0.3 is 5.32 Å². The van der Waals surface area contributed by atoms with Crippen LogP contribution in [0.4, 0.5) is 19.0 Å². The molecule has 0 spiro atoms. The summed E-state index contributed by atoms with van der Waals surface area (Å²) in [7, 11) is 0. The van der Waals surface area contributed by atoms with Crippen LogP contribution in [0.1, 0.15) is 19.8 Å². The van der Waals surface area contributed by atoms with Gasteiger partial charge in [0, 0.05) is 18.7 Å². The second-order valence-electron chi connectivity index (χ2n) is 4.56. The number of rotatable bonds is 4. The van der Waals surface area contributed by atoms with E-state index in [2.05, 4.69) is 15.2 Å². The first-order valence-electron chi connectivity index (χ1n) is 6.07. The fourth-order valence-corrected chi connectivity index (χ4v) is 2.12. The zero-order chi connectivity index (χ0) is 13.1. The fraction of sp³-hybridized carbons (Fsp3) is 0.583. The summed E-state index contributed by atoms with van der Waals surface area (Å²) in [4.78, 5) is 5.49. The van der Waals surface area contributed by atoms with Crippen LogP contribution in [-0.4, -0.2) is 35.6 Å². The van der Waals surface area contributed by atoms with Crippen molar-refractivity contribution in [3.63, 3.8) is 0 Å². The van der Waals surface area contributed by atoms with Crippen LogP contribution in [0.2, 0.25) is 0 Å². The van der Waals surface area contributed by atoms with Crippen molar-refractivity contribution in [2.75, 3.05) is 25.0 Å². The van der Waals surface area contributed by atoms with Crippen molar-refractivity contribution in [3.8, 4) is 0 Å². The average molecular weight is 259 g/mol. The highest BCUT2D eigenvalue weighted by Crippen LogP contribution is 2.16. The highest BCUT2D eigenvalue weighted by molar-refractivity contribution is 5.36. The lowest BCUT2D eigenvalue weighted by Gasteiger charge is -2.24. The maximum Gasteiger partial charge on any atom is 0.251 e. The van der Waals surface area contributed by atoms with Gasteiger partial charge in [-0.1, -0.05) is 0 Å². The van der Waals surface area contributed by atoms with Crippen molar-refractivity contribution in [2.24, 2.45) is 0 Å².